The minimum Gasteiger partial charge on any atom is -0.370 e. The molecule has 0 unspecified atom stereocenters. The molecule has 0 fully saturated rings. The van der Waals surface area contributed by atoms with Gasteiger partial charge in [0.25, 0.3) is 0 Å². The van der Waals surface area contributed by atoms with Gasteiger partial charge in [-0.2, -0.15) is 0 Å². The third-order valence-corrected chi connectivity index (χ3v) is 3.25. The van der Waals surface area contributed by atoms with Gasteiger partial charge in [-0.05, 0) is 31.2 Å². The van der Waals surface area contributed by atoms with Crippen molar-refractivity contribution < 1.29 is 0 Å². The lowest BCUT2D eigenvalue weighted by Gasteiger charge is -2.20. The molecule has 3 nitrogen and oxygen atoms in total. The number of benzene rings is 1. The zero-order valence-corrected chi connectivity index (χ0v) is 12.3. The monoisotopic (exact) mass is 269 g/mol. The number of rotatable bonds is 7. The van der Waals surface area contributed by atoms with Crippen LogP contribution >= 0.6 is 0 Å². The molecule has 0 atom stereocenters. The summed E-state index contributed by atoms with van der Waals surface area (Å²) in [5.41, 5.74) is 2.46. The van der Waals surface area contributed by atoms with Crippen LogP contribution in [0.2, 0.25) is 0 Å². The van der Waals surface area contributed by atoms with Crippen LogP contribution in [0, 0.1) is 0 Å². The van der Waals surface area contributed by atoms with Gasteiger partial charge in [-0.3, -0.25) is 4.90 Å². The molecule has 1 aromatic carbocycles. The predicted molar refractivity (Wildman–Crippen MR) is 84.6 cm³/mol. The summed E-state index contributed by atoms with van der Waals surface area (Å²) in [5.74, 6) is 0.959. The topological polar surface area (TPSA) is 28.2 Å². The molecule has 0 saturated carbocycles. The largest absolute Gasteiger partial charge is 0.370 e. The molecular formula is C17H23N3. The molecular weight excluding hydrogens is 246 g/mol. The van der Waals surface area contributed by atoms with Crippen molar-refractivity contribution in [1.29, 1.82) is 0 Å². The van der Waals surface area contributed by atoms with E-state index in [1.54, 1.807) is 0 Å². The first-order valence-corrected chi connectivity index (χ1v) is 7.28. The maximum absolute atomic E-state index is 4.64. The fourth-order valence-corrected chi connectivity index (χ4v) is 2.20. The molecule has 0 aliphatic heterocycles. The Morgan fingerprint density at radius 3 is 2.45 bits per heavy atom. The van der Waals surface area contributed by atoms with Crippen LogP contribution in [0.15, 0.2) is 48.5 Å². The first-order chi connectivity index (χ1) is 9.81. The molecule has 0 aliphatic carbocycles. The van der Waals surface area contributed by atoms with Crippen molar-refractivity contribution in [3.8, 4) is 0 Å². The van der Waals surface area contributed by atoms with Crippen LogP contribution in [0.25, 0.3) is 0 Å². The summed E-state index contributed by atoms with van der Waals surface area (Å²) < 4.78 is 0. The molecule has 106 valence electrons. The van der Waals surface area contributed by atoms with Crippen molar-refractivity contribution in [2.75, 3.05) is 18.4 Å². The van der Waals surface area contributed by atoms with Gasteiger partial charge < -0.3 is 5.32 Å². The first kappa shape index (κ1) is 14.5. The molecule has 2 rings (SSSR count). The van der Waals surface area contributed by atoms with Gasteiger partial charge in [0.05, 0.1) is 5.69 Å². The quantitative estimate of drug-likeness (QED) is 0.833. The standard InChI is InChI=1S/C17H23N3/c1-3-18-17-12-8-11-16(19-17)14-20(4-2)13-15-9-6-5-7-10-15/h5-12H,3-4,13-14H2,1-2H3,(H,18,19). The molecule has 20 heavy (non-hydrogen) atoms. The molecule has 1 heterocycles. The number of nitrogens with zero attached hydrogens (tertiary/aromatic N) is 2. The Morgan fingerprint density at radius 1 is 0.950 bits per heavy atom. The summed E-state index contributed by atoms with van der Waals surface area (Å²) in [6.07, 6.45) is 0. The molecule has 0 saturated heterocycles. The van der Waals surface area contributed by atoms with E-state index in [-0.39, 0.29) is 0 Å². The van der Waals surface area contributed by atoms with E-state index in [4.69, 9.17) is 0 Å². The summed E-state index contributed by atoms with van der Waals surface area (Å²) in [6.45, 7) is 8.04. The minimum atomic E-state index is 0.880. The molecule has 0 spiro atoms. The average Bonchev–Trinajstić information content (AvgIpc) is 2.48. The molecule has 3 heteroatoms. The van der Waals surface area contributed by atoms with Gasteiger partial charge in [-0.25, -0.2) is 4.98 Å². The number of nitrogens with one attached hydrogen (secondary N) is 1. The summed E-state index contributed by atoms with van der Waals surface area (Å²) >= 11 is 0. The van der Waals surface area contributed by atoms with Crippen LogP contribution in [0.1, 0.15) is 25.1 Å². The molecule has 2 aromatic rings. The fraction of sp³-hybridized carbons (Fsp3) is 0.353. The number of hydrogen-bond donors (Lipinski definition) is 1. The summed E-state index contributed by atoms with van der Waals surface area (Å²) in [4.78, 5) is 7.04. The zero-order chi connectivity index (χ0) is 14.2. The second-order valence-corrected chi connectivity index (χ2v) is 4.83. The molecule has 0 radical (unpaired) electrons. The third kappa shape index (κ3) is 4.35. The maximum atomic E-state index is 4.64. The summed E-state index contributed by atoms with van der Waals surface area (Å²) in [5, 5.41) is 3.26. The van der Waals surface area contributed by atoms with Gasteiger partial charge in [0.2, 0.25) is 0 Å². The van der Waals surface area contributed by atoms with E-state index in [1.165, 1.54) is 5.56 Å². The van der Waals surface area contributed by atoms with Gasteiger partial charge in [0.1, 0.15) is 5.82 Å². The van der Waals surface area contributed by atoms with Gasteiger partial charge in [0.15, 0.2) is 0 Å². The highest BCUT2D eigenvalue weighted by Gasteiger charge is 2.06. The Morgan fingerprint density at radius 2 is 1.75 bits per heavy atom. The van der Waals surface area contributed by atoms with E-state index in [2.05, 4.69) is 71.5 Å². The van der Waals surface area contributed by atoms with Crippen molar-refractivity contribution in [1.82, 2.24) is 9.88 Å². The lowest BCUT2D eigenvalue weighted by atomic mass is 10.2. The van der Waals surface area contributed by atoms with Crippen molar-refractivity contribution in [2.45, 2.75) is 26.9 Å². The maximum Gasteiger partial charge on any atom is 0.126 e. The molecule has 0 amide bonds. The highest BCUT2D eigenvalue weighted by Crippen LogP contribution is 2.10. The van der Waals surface area contributed by atoms with E-state index in [9.17, 15) is 0 Å². The van der Waals surface area contributed by atoms with Gasteiger partial charge in [-0.1, -0.05) is 43.3 Å². The van der Waals surface area contributed by atoms with Crippen molar-refractivity contribution >= 4 is 5.82 Å². The van der Waals surface area contributed by atoms with Crippen molar-refractivity contribution in [3.63, 3.8) is 0 Å². The van der Waals surface area contributed by atoms with E-state index < -0.39 is 0 Å². The number of aromatic nitrogens is 1. The van der Waals surface area contributed by atoms with E-state index >= 15 is 0 Å². The lowest BCUT2D eigenvalue weighted by Crippen LogP contribution is -2.23. The minimum absolute atomic E-state index is 0.880. The molecule has 0 aliphatic rings. The highest BCUT2D eigenvalue weighted by molar-refractivity contribution is 5.35. The fourth-order valence-electron chi connectivity index (χ4n) is 2.20. The van der Waals surface area contributed by atoms with Gasteiger partial charge >= 0.3 is 0 Å². The van der Waals surface area contributed by atoms with Crippen molar-refractivity contribution in [3.05, 3.63) is 59.8 Å². The van der Waals surface area contributed by atoms with Crippen LogP contribution in [-0.2, 0) is 13.1 Å². The van der Waals surface area contributed by atoms with Gasteiger partial charge in [-0.15, -0.1) is 0 Å². The third-order valence-electron chi connectivity index (χ3n) is 3.25. The van der Waals surface area contributed by atoms with E-state index in [1.807, 2.05) is 6.07 Å². The lowest BCUT2D eigenvalue weighted by molar-refractivity contribution is 0.268. The van der Waals surface area contributed by atoms with Crippen molar-refractivity contribution in [2.24, 2.45) is 0 Å². The Hall–Kier alpha value is -1.87. The summed E-state index contributed by atoms with van der Waals surface area (Å²) in [7, 11) is 0. The van der Waals surface area contributed by atoms with E-state index in [0.29, 0.717) is 0 Å². The van der Waals surface area contributed by atoms with Gasteiger partial charge in [0, 0.05) is 19.6 Å². The van der Waals surface area contributed by atoms with Crippen LogP contribution in [-0.4, -0.2) is 23.0 Å². The first-order valence-electron chi connectivity index (χ1n) is 7.28. The second kappa shape index (κ2) is 7.65. The molecule has 0 bridgehead atoms. The number of hydrogen-bond acceptors (Lipinski definition) is 3. The van der Waals surface area contributed by atoms with Crippen LogP contribution in [0.3, 0.4) is 0 Å². The number of pyridine rings is 1. The average molecular weight is 269 g/mol. The zero-order valence-electron chi connectivity index (χ0n) is 12.3. The Kier molecular flexibility index (Phi) is 5.56. The molecule has 1 N–H and O–H groups in total. The van der Waals surface area contributed by atoms with Crippen LogP contribution < -0.4 is 5.32 Å². The Labute approximate surface area is 121 Å². The van der Waals surface area contributed by atoms with Crippen LogP contribution in [0.4, 0.5) is 5.82 Å². The smallest absolute Gasteiger partial charge is 0.126 e. The highest BCUT2D eigenvalue weighted by atomic mass is 15.1. The normalized spacial score (nSPS) is 10.8. The van der Waals surface area contributed by atoms with E-state index in [0.717, 1.165) is 37.7 Å². The Balaban J connectivity index is 2.00. The number of anilines is 1. The molecule has 1 aromatic heterocycles. The summed E-state index contributed by atoms with van der Waals surface area (Å²) in [6, 6.07) is 16.8. The Bertz CT molecular complexity index is 511. The van der Waals surface area contributed by atoms with Crippen LogP contribution in [0.5, 0.6) is 0 Å². The SMILES string of the molecule is CCNc1cccc(CN(CC)Cc2ccccc2)n1. The predicted octanol–water partition coefficient (Wildman–Crippen LogP) is 3.54. The second-order valence-electron chi connectivity index (χ2n) is 4.83.